The maximum atomic E-state index is 12.0. The Morgan fingerprint density at radius 2 is 1.90 bits per heavy atom. The minimum Gasteiger partial charge on any atom is -0.340 e. The van der Waals surface area contributed by atoms with Gasteiger partial charge >= 0.3 is 0 Å². The van der Waals surface area contributed by atoms with E-state index in [0.717, 1.165) is 50.6 Å². The van der Waals surface area contributed by atoms with E-state index in [1.165, 1.54) is 5.56 Å². The topological polar surface area (TPSA) is 23.6 Å². The number of halogens is 1. The van der Waals surface area contributed by atoms with Gasteiger partial charge in [-0.25, -0.2) is 0 Å². The molecule has 3 nitrogen and oxygen atoms in total. The van der Waals surface area contributed by atoms with Crippen molar-refractivity contribution in [2.45, 2.75) is 32.7 Å². The second-order valence-electron chi connectivity index (χ2n) is 5.35. The highest BCUT2D eigenvalue weighted by atomic mass is 35.5. The zero-order valence-electron chi connectivity index (χ0n) is 12.1. The van der Waals surface area contributed by atoms with E-state index in [2.05, 4.69) is 17.9 Å². The zero-order valence-corrected chi connectivity index (χ0v) is 12.9. The van der Waals surface area contributed by atoms with Gasteiger partial charge in [-0.3, -0.25) is 9.69 Å². The van der Waals surface area contributed by atoms with Gasteiger partial charge in [0.2, 0.25) is 5.91 Å². The molecule has 0 bridgehead atoms. The Hall–Kier alpha value is -1.06. The Labute approximate surface area is 126 Å². The third-order valence-corrected chi connectivity index (χ3v) is 4.19. The first kappa shape index (κ1) is 15.3. The van der Waals surface area contributed by atoms with Crippen molar-refractivity contribution < 1.29 is 4.79 Å². The second kappa shape index (κ2) is 7.65. The monoisotopic (exact) mass is 294 g/mol. The van der Waals surface area contributed by atoms with Gasteiger partial charge in [-0.1, -0.05) is 43.1 Å². The molecule has 0 spiro atoms. The largest absolute Gasteiger partial charge is 0.340 e. The summed E-state index contributed by atoms with van der Waals surface area (Å²) in [5.41, 5.74) is 1.17. The maximum absolute atomic E-state index is 12.0. The van der Waals surface area contributed by atoms with Crippen molar-refractivity contribution in [1.29, 1.82) is 0 Å². The Kier molecular flexibility index (Phi) is 5.86. The van der Waals surface area contributed by atoms with Gasteiger partial charge in [0.1, 0.15) is 0 Å². The van der Waals surface area contributed by atoms with Crippen LogP contribution in [0.1, 0.15) is 31.7 Å². The summed E-state index contributed by atoms with van der Waals surface area (Å²) < 4.78 is 0. The molecule has 1 saturated heterocycles. The molecule has 1 aromatic rings. The van der Waals surface area contributed by atoms with Crippen molar-refractivity contribution in [3.05, 3.63) is 34.9 Å². The molecule has 0 aromatic heterocycles. The van der Waals surface area contributed by atoms with Crippen LogP contribution in [0.4, 0.5) is 0 Å². The first-order valence-corrected chi connectivity index (χ1v) is 7.82. The second-order valence-corrected chi connectivity index (χ2v) is 5.76. The molecule has 1 aromatic carbocycles. The van der Waals surface area contributed by atoms with Crippen LogP contribution in [-0.2, 0) is 11.3 Å². The number of amides is 1. The van der Waals surface area contributed by atoms with Crippen LogP contribution in [-0.4, -0.2) is 41.9 Å². The average molecular weight is 295 g/mol. The van der Waals surface area contributed by atoms with Crippen molar-refractivity contribution in [2.24, 2.45) is 0 Å². The molecule has 1 heterocycles. The number of hydrogen-bond donors (Lipinski definition) is 0. The molecule has 1 amide bonds. The Balaban J connectivity index is 1.80. The lowest BCUT2D eigenvalue weighted by molar-refractivity contribution is -0.133. The number of piperazine rings is 1. The lowest BCUT2D eigenvalue weighted by atomic mass is 10.2. The van der Waals surface area contributed by atoms with Crippen LogP contribution >= 0.6 is 11.6 Å². The minimum atomic E-state index is 0.309. The van der Waals surface area contributed by atoms with Crippen LogP contribution in [0, 0.1) is 0 Å². The van der Waals surface area contributed by atoms with Gasteiger partial charge in [0.05, 0.1) is 0 Å². The fourth-order valence-corrected chi connectivity index (χ4v) is 2.70. The number of carbonyl (C=O) groups is 1. The lowest BCUT2D eigenvalue weighted by Crippen LogP contribution is -2.48. The van der Waals surface area contributed by atoms with Gasteiger partial charge < -0.3 is 4.90 Å². The standard InChI is InChI=1S/C16H23ClN2O/c1-2-3-8-16(20)19-11-9-18(10-12-19)13-14-6-4-5-7-15(14)17/h4-7H,2-3,8-13H2,1H3. The Morgan fingerprint density at radius 3 is 2.55 bits per heavy atom. The predicted octanol–water partition coefficient (Wildman–Crippen LogP) is 3.17. The molecule has 0 radical (unpaired) electrons. The van der Waals surface area contributed by atoms with Crippen LogP contribution in [0.3, 0.4) is 0 Å². The van der Waals surface area contributed by atoms with Gasteiger partial charge in [-0.2, -0.15) is 0 Å². The Bertz CT molecular complexity index is 442. The molecule has 1 fully saturated rings. The fraction of sp³-hybridized carbons (Fsp3) is 0.562. The molecule has 0 unspecified atom stereocenters. The Morgan fingerprint density at radius 1 is 1.20 bits per heavy atom. The molecule has 0 aliphatic carbocycles. The van der Waals surface area contributed by atoms with Gasteiger partial charge in [0.25, 0.3) is 0 Å². The summed E-state index contributed by atoms with van der Waals surface area (Å²) in [6, 6.07) is 7.98. The average Bonchev–Trinajstić information content (AvgIpc) is 2.48. The van der Waals surface area contributed by atoms with E-state index >= 15 is 0 Å². The number of hydrogen-bond acceptors (Lipinski definition) is 2. The number of unbranched alkanes of at least 4 members (excludes halogenated alkanes) is 1. The van der Waals surface area contributed by atoms with E-state index in [1.54, 1.807) is 0 Å². The van der Waals surface area contributed by atoms with Crippen LogP contribution in [0.15, 0.2) is 24.3 Å². The molecule has 110 valence electrons. The predicted molar refractivity (Wildman–Crippen MR) is 82.8 cm³/mol. The normalized spacial score (nSPS) is 16.4. The van der Waals surface area contributed by atoms with Gasteiger partial charge in [0.15, 0.2) is 0 Å². The number of rotatable bonds is 5. The van der Waals surface area contributed by atoms with Crippen molar-refractivity contribution in [3.63, 3.8) is 0 Å². The molecule has 1 aliphatic heterocycles. The fourth-order valence-electron chi connectivity index (χ4n) is 2.51. The number of benzene rings is 1. The number of nitrogens with zero attached hydrogens (tertiary/aromatic N) is 2. The summed E-state index contributed by atoms with van der Waals surface area (Å²) in [7, 11) is 0. The highest BCUT2D eigenvalue weighted by Gasteiger charge is 2.20. The molecule has 0 N–H and O–H groups in total. The molecule has 0 atom stereocenters. The van der Waals surface area contributed by atoms with Crippen LogP contribution in [0.5, 0.6) is 0 Å². The van der Waals surface area contributed by atoms with E-state index in [1.807, 2.05) is 23.1 Å². The van der Waals surface area contributed by atoms with E-state index in [4.69, 9.17) is 11.6 Å². The number of carbonyl (C=O) groups excluding carboxylic acids is 1. The van der Waals surface area contributed by atoms with Crippen molar-refractivity contribution in [3.8, 4) is 0 Å². The lowest BCUT2D eigenvalue weighted by Gasteiger charge is -2.35. The molecule has 1 aliphatic rings. The maximum Gasteiger partial charge on any atom is 0.222 e. The summed E-state index contributed by atoms with van der Waals surface area (Å²) in [5.74, 6) is 0.309. The highest BCUT2D eigenvalue weighted by Crippen LogP contribution is 2.18. The molecule has 2 rings (SSSR count). The third kappa shape index (κ3) is 4.22. The smallest absolute Gasteiger partial charge is 0.222 e. The van der Waals surface area contributed by atoms with Crippen molar-refractivity contribution >= 4 is 17.5 Å². The highest BCUT2D eigenvalue weighted by molar-refractivity contribution is 6.31. The first-order valence-electron chi connectivity index (χ1n) is 7.44. The third-order valence-electron chi connectivity index (χ3n) is 3.82. The van der Waals surface area contributed by atoms with E-state index < -0.39 is 0 Å². The van der Waals surface area contributed by atoms with Gasteiger partial charge in [-0.15, -0.1) is 0 Å². The van der Waals surface area contributed by atoms with E-state index in [9.17, 15) is 4.79 Å². The molecular formula is C16H23ClN2O. The van der Waals surface area contributed by atoms with E-state index in [0.29, 0.717) is 12.3 Å². The van der Waals surface area contributed by atoms with Crippen LogP contribution in [0.25, 0.3) is 0 Å². The quantitative estimate of drug-likeness (QED) is 0.833. The zero-order chi connectivity index (χ0) is 14.4. The van der Waals surface area contributed by atoms with Crippen molar-refractivity contribution in [2.75, 3.05) is 26.2 Å². The summed E-state index contributed by atoms with van der Waals surface area (Å²) in [6.45, 7) is 6.54. The molecular weight excluding hydrogens is 272 g/mol. The summed E-state index contributed by atoms with van der Waals surface area (Å²) in [6.07, 6.45) is 2.78. The molecule has 0 saturated carbocycles. The minimum absolute atomic E-state index is 0.309. The molecule has 20 heavy (non-hydrogen) atoms. The first-order chi connectivity index (χ1) is 9.70. The van der Waals surface area contributed by atoms with Crippen LogP contribution in [0.2, 0.25) is 5.02 Å². The van der Waals surface area contributed by atoms with Gasteiger partial charge in [-0.05, 0) is 18.1 Å². The van der Waals surface area contributed by atoms with Gasteiger partial charge in [0, 0.05) is 44.2 Å². The summed E-state index contributed by atoms with van der Waals surface area (Å²) >= 11 is 6.19. The summed E-state index contributed by atoms with van der Waals surface area (Å²) in [5, 5.41) is 0.828. The van der Waals surface area contributed by atoms with Crippen molar-refractivity contribution in [1.82, 2.24) is 9.80 Å². The summed E-state index contributed by atoms with van der Waals surface area (Å²) in [4.78, 5) is 16.3. The van der Waals surface area contributed by atoms with E-state index in [-0.39, 0.29) is 0 Å². The SMILES string of the molecule is CCCCC(=O)N1CCN(Cc2ccccc2Cl)CC1. The van der Waals surface area contributed by atoms with Crippen LogP contribution < -0.4 is 0 Å². The molecule has 4 heteroatoms.